The van der Waals surface area contributed by atoms with Crippen molar-refractivity contribution in [1.82, 2.24) is 14.9 Å². The highest BCUT2D eigenvalue weighted by Crippen LogP contribution is 2.18. The number of ether oxygens (including phenoxy) is 1. The van der Waals surface area contributed by atoms with E-state index in [9.17, 15) is 9.00 Å². The molecule has 0 bridgehead atoms. The Labute approximate surface area is 128 Å². The molecular weight excluding hydrogens is 290 g/mol. The molecule has 0 aliphatic heterocycles. The van der Waals surface area contributed by atoms with Gasteiger partial charge in [0.15, 0.2) is 0 Å². The summed E-state index contributed by atoms with van der Waals surface area (Å²) in [6.45, 7) is 9.31. The second-order valence-electron chi connectivity index (χ2n) is 6.18. The number of alkyl carbamates (subject to hydrolysis) is 1. The first-order valence-electron chi connectivity index (χ1n) is 6.91. The van der Waals surface area contributed by atoms with Crippen molar-refractivity contribution in [1.29, 1.82) is 0 Å². The number of hydrogen-bond acceptors (Lipinski definition) is 4. The summed E-state index contributed by atoms with van der Waals surface area (Å²) in [6, 6.07) is -0.189. The van der Waals surface area contributed by atoms with Crippen molar-refractivity contribution < 1.29 is 13.7 Å². The molecule has 0 radical (unpaired) electrons. The highest BCUT2D eigenvalue weighted by atomic mass is 32.2. The summed E-state index contributed by atoms with van der Waals surface area (Å²) >= 11 is 0. The van der Waals surface area contributed by atoms with Gasteiger partial charge in [-0.2, -0.15) is 0 Å². The number of hydrogen-bond donors (Lipinski definition) is 1. The summed E-state index contributed by atoms with van der Waals surface area (Å²) in [5.74, 6) is 0.544. The minimum absolute atomic E-state index is 0.0521. The number of nitrogens with zero attached hydrogens (tertiary/aromatic N) is 2. The molecule has 3 unspecified atom stereocenters. The van der Waals surface area contributed by atoms with Crippen LogP contribution in [0.25, 0.3) is 0 Å². The zero-order chi connectivity index (χ0) is 16.2. The lowest BCUT2D eigenvalue weighted by Gasteiger charge is -2.23. The van der Waals surface area contributed by atoms with Crippen LogP contribution in [0.2, 0.25) is 0 Å². The van der Waals surface area contributed by atoms with Crippen LogP contribution in [-0.2, 0) is 15.5 Å². The van der Waals surface area contributed by atoms with Gasteiger partial charge in [-0.3, -0.25) is 4.21 Å². The third-order valence-corrected chi connectivity index (χ3v) is 3.78. The lowest BCUT2D eigenvalue weighted by molar-refractivity contribution is 0.0506. The first kappa shape index (κ1) is 17.7. The van der Waals surface area contributed by atoms with E-state index in [4.69, 9.17) is 4.74 Å². The van der Waals surface area contributed by atoms with Gasteiger partial charge in [0.1, 0.15) is 5.60 Å². The number of aromatic nitrogens is 2. The molecule has 0 saturated heterocycles. The molecule has 1 N–H and O–H groups in total. The number of amides is 1. The molecule has 1 aromatic heterocycles. The Bertz CT molecular complexity index is 508. The Balaban J connectivity index is 2.75. The fourth-order valence-corrected chi connectivity index (χ4v) is 2.84. The van der Waals surface area contributed by atoms with Gasteiger partial charge in [-0.05, 0) is 34.6 Å². The summed E-state index contributed by atoms with van der Waals surface area (Å²) in [5, 5.41) is 2.79. The maximum atomic E-state index is 11.8. The second-order valence-corrected chi connectivity index (χ2v) is 7.66. The van der Waals surface area contributed by atoms with Gasteiger partial charge in [0, 0.05) is 28.9 Å². The van der Waals surface area contributed by atoms with Crippen molar-refractivity contribution in [2.24, 2.45) is 0 Å². The van der Waals surface area contributed by atoms with Crippen LogP contribution in [0.3, 0.4) is 0 Å². The average molecular weight is 315 g/mol. The van der Waals surface area contributed by atoms with Gasteiger partial charge >= 0.3 is 6.09 Å². The molecule has 7 heteroatoms. The average Bonchev–Trinajstić information content (AvgIpc) is 2.73. The lowest BCUT2D eigenvalue weighted by atomic mass is 10.2. The molecule has 1 rings (SSSR count). The zero-order valence-corrected chi connectivity index (χ0v) is 14.4. The van der Waals surface area contributed by atoms with Gasteiger partial charge in [0.2, 0.25) is 0 Å². The molecule has 0 aromatic carbocycles. The SMILES string of the molecule is CC(NC(=O)OC(C)(C)C)c1cncn1C(C)CS(C)=O. The Hall–Kier alpha value is -1.37. The number of nitrogens with one attached hydrogen (secondary N) is 1. The normalized spacial score (nSPS) is 16.1. The quantitative estimate of drug-likeness (QED) is 0.905. The molecule has 0 fully saturated rings. The van der Waals surface area contributed by atoms with Gasteiger partial charge < -0.3 is 14.6 Å². The molecule has 0 spiro atoms. The molecule has 120 valence electrons. The highest BCUT2D eigenvalue weighted by molar-refractivity contribution is 7.84. The molecule has 1 aromatic rings. The monoisotopic (exact) mass is 315 g/mol. The number of carbonyl (C=O) groups excluding carboxylic acids is 1. The molecular formula is C14H25N3O3S. The Kier molecular flexibility index (Phi) is 5.95. The Morgan fingerprint density at radius 2 is 2.10 bits per heavy atom. The minimum Gasteiger partial charge on any atom is -0.444 e. The van der Waals surface area contributed by atoms with Crippen LogP contribution in [-0.4, -0.2) is 37.5 Å². The molecule has 0 aliphatic rings. The summed E-state index contributed by atoms with van der Waals surface area (Å²) in [5.41, 5.74) is 0.329. The van der Waals surface area contributed by atoms with Crippen molar-refractivity contribution in [3.05, 3.63) is 18.2 Å². The van der Waals surface area contributed by atoms with Crippen LogP contribution in [0, 0.1) is 0 Å². The molecule has 21 heavy (non-hydrogen) atoms. The van der Waals surface area contributed by atoms with Gasteiger partial charge in [-0.1, -0.05) is 0 Å². The van der Waals surface area contributed by atoms with Crippen molar-refractivity contribution in [3.8, 4) is 0 Å². The van der Waals surface area contributed by atoms with E-state index in [0.717, 1.165) is 5.69 Å². The zero-order valence-electron chi connectivity index (χ0n) is 13.5. The first-order valence-corrected chi connectivity index (χ1v) is 8.64. The van der Waals surface area contributed by atoms with Gasteiger partial charge in [0.25, 0.3) is 0 Å². The van der Waals surface area contributed by atoms with E-state index in [1.165, 1.54) is 0 Å². The van der Waals surface area contributed by atoms with E-state index in [2.05, 4.69) is 10.3 Å². The van der Waals surface area contributed by atoms with Crippen molar-refractivity contribution in [2.45, 2.75) is 52.3 Å². The standard InChI is InChI=1S/C14H25N3O3S/c1-10(8-21(6)19)17-9-15-7-12(17)11(2)16-13(18)20-14(3,4)5/h7,9-11H,8H2,1-6H3,(H,16,18). The molecule has 3 atom stereocenters. The number of rotatable bonds is 5. The fourth-order valence-electron chi connectivity index (χ4n) is 2.00. The van der Waals surface area contributed by atoms with Crippen LogP contribution < -0.4 is 5.32 Å². The van der Waals surface area contributed by atoms with E-state index >= 15 is 0 Å². The summed E-state index contributed by atoms with van der Waals surface area (Å²) in [4.78, 5) is 15.9. The third kappa shape index (κ3) is 5.87. The van der Waals surface area contributed by atoms with Crippen LogP contribution >= 0.6 is 0 Å². The smallest absolute Gasteiger partial charge is 0.408 e. The molecule has 1 amide bonds. The van der Waals surface area contributed by atoms with Gasteiger partial charge in [-0.15, -0.1) is 0 Å². The fraction of sp³-hybridized carbons (Fsp3) is 0.714. The van der Waals surface area contributed by atoms with Crippen molar-refractivity contribution in [3.63, 3.8) is 0 Å². The van der Waals surface area contributed by atoms with E-state index in [-0.39, 0.29) is 12.1 Å². The number of imidazole rings is 1. The molecule has 0 saturated carbocycles. The Morgan fingerprint density at radius 1 is 1.48 bits per heavy atom. The third-order valence-electron chi connectivity index (χ3n) is 2.82. The van der Waals surface area contributed by atoms with Crippen LogP contribution in [0.4, 0.5) is 4.79 Å². The Morgan fingerprint density at radius 3 is 2.62 bits per heavy atom. The van der Waals surface area contributed by atoms with E-state index in [1.807, 2.05) is 39.2 Å². The van der Waals surface area contributed by atoms with E-state index in [1.54, 1.807) is 18.8 Å². The summed E-state index contributed by atoms with van der Waals surface area (Å²) < 4.78 is 18.5. The van der Waals surface area contributed by atoms with E-state index in [0.29, 0.717) is 5.75 Å². The van der Waals surface area contributed by atoms with Crippen molar-refractivity contribution in [2.75, 3.05) is 12.0 Å². The van der Waals surface area contributed by atoms with Gasteiger partial charge in [0.05, 0.1) is 24.3 Å². The van der Waals surface area contributed by atoms with Crippen LogP contribution in [0.1, 0.15) is 52.4 Å². The topological polar surface area (TPSA) is 73.2 Å². The minimum atomic E-state index is -0.887. The maximum absolute atomic E-state index is 11.8. The highest BCUT2D eigenvalue weighted by Gasteiger charge is 2.21. The van der Waals surface area contributed by atoms with E-state index < -0.39 is 22.5 Å². The van der Waals surface area contributed by atoms with Crippen LogP contribution in [0.15, 0.2) is 12.5 Å². The predicted molar refractivity (Wildman–Crippen MR) is 83.7 cm³/mol. The summed E-state index contributed by atoms with van der Waals surface area (Å²) in [6.07, 6.45) is 4.61. The largest absolute Gasteiger partial charge is 0.444 e. The first-order chi connectivity index (χ1) is 9.60. The number of carbonyl (C=O) groups is 1. The second kappa shape index (κ2) is 7.06. The molecule has 1 heterocycles. The van der Waals surface area contributed by atoms with Crippen LogP contribution in [0.5, 0.6) is 0 Å². The molecule has 0 aliphatic carbocycles. The predicted octanol–water partition coefficient (Wildman–Crippen LogP) is 2.41. The van der Waals surface area contributed by atoms with Gasteiger partial charge in [-0.25, -0.2) is 9.78 Å². The maximum Gasteiger partial charge on any atom is 0.408 e. The summed E-state index contributed by atoms with van der Waals surface area (Å²) in [7, 11) is -0.887. The molecule has 6 nitrogen and oxygen atoms in total. The van der Waals surface area contributed by atoms with Crippen molar-refractivity contribution >= 4 is 16.9 Å². The lowest BCUT2D eigenvalue weighted by Crippen LogP contribution is -2.35.